The summed E-state index contributed by atoms with van der Waals surface area (Å²) in [5.41, 5.74) is 3.30. The topological polar surface area (TPSA) is 34.0 Å². The lowest BCUT2D eigenvalue weighted by atomic mass is 10.3. The van der Waals surface area contributed by atoms with Gasteiger partial charge in [-0.05, 0) is 38.5 Å². The molecule has 0 spiro atoms. The maximum atomic E-state index is 4.53. The predicted octanol–water partition coefficient (Wildman–Crippen LogP) is 2.57. The lowest BCUT2D eigenvalue weighted by Gasteiger charge is -2.25. The minimum absolute atomic E-state index is 0.936. The molecular weight excluding hydrogens is 212 g/mol. The molecule has 4 heteroatoms. The van der Waals surface area contributed by atoms with Crippen molar-refractivity contribution in [3.8, 4) is 0 Å². The smallest absolute Gasteiger partial charge is 0.0624 e. The van der Waals surface area contributed by atoms with E-state index in [1.54, 1.807) is 0 Å². The molecule has 0 radical (unpaired) electrons. The number of aryl methyl sites for hydroxylation is 2. The molecule has 0 aliphatic heterocycles. The van der Waals surface area contributed by atoms with Gasteiger partial charge in [0.15, 0.2) is 0 Å². The van der Waals surface area contributed by atoms with Gasteiger partial charge in [-0.1, -0.05) is 6.92 Å². The Bertz CT molecular complexity index is 475. The molecule has 17 heavy (non-hydrogen) atoms. The molecule has 0 saturated carbocycles. The molecule has 0 bridgehead atoms. The summed E-state index contributed by atoms with van der Waals surface area (Å²) in [6, 6.07) is 6.10. The van der Waals surface area contributed by atoms with Crippen LogP contribution in [0.25, 0.3) is 0 Å². The van der Waals surface area contributed by atoms with Crippen LogP contribution < -0.4 is 5.01 Å². The predicted molar refractivity (Wildman–Crippen MR) is 69.0 cm³/mol. The summed E-state index contributed by atoms with van der Waals surface area (Å²) in [4.78, 5) is 6.02. The quantitative estimate of drug-likeness (QED) is 0.809. The normalized spacial score (nSPS) is 10.5. The largest absolute Gasteiger partial charge is 0.265 e. The van der Waals surface area contributed by atoms with Gasteiger partial charge in [0.05, 0.1) is 17.1 Å². The fraction of sp³-hybridized carbons (Fsp3) is 0.385. The fourth-order valence-electron chi connectivity index (χ4n) is 1.92. The van der Waals surface area contributed by atoms with Crippen LogP contribution in [0.5, 0.6) is 0 Å². The van der Waals surface area contributed by atoms with E-state index in [-0.39, 0.29) is 0 Å². The third-order valence-corrected chi connectivity index (χ3v) is 2.61. The van der Waals surface area contributed by atoms with Gasteiger partial charge < -0.3 is 0 Å². The van der Waals surface area contributed by atoms with Crippen LogP contribution in [0.15, 0.2) is 30.6 Å². The van der Waals surface area contributed by atoms with Crippen molar-refractivity contribution in [3.63, 3.8) is 0 Å². The van der Waals surface area contributed by atoms with Gasteiger partial charge >= 0.3 is 0 Å². The van der Waals surface area contributed by atoms with E-state index in [1.807, 2.05) is 36.2 Å². The molecule has 0 atom stereocenters. The van der Waals surface area contributed by atoms with Crippen molar-refractivity contribution in [2.75, 3.05) is 11.6 Å². The van der Waals surface area contributed by atoms with Gasteiger partial charge in [0, 0.05) is 18.9 Å². The Kier molecular flexibility index (Phi) is 3.42. The van der Waals surface area contributed by atoms with Gasteiger partial charge in [-0.25, -0.2) is 0 Å². The van der Waals surface area contributed by atoms with Crippen molar-refractivity contribution in [1.29, 1.82) is 0 Å². The Morgan fingerprint density at radius 3 is 2.47 bits per heavy atom. The average molecular weight is 230 g/mol. The van der Waals surface area contributed by atoms with Gasteiger partial charge in [-0.2, -0.15) is 9.89 Å². The molecule has 90 valence electrons. The second-order valence-corrected chi connectivity index (χ2v) is 4.15. The maximum absolute atomic E-state index is 4.53. The van der Waals surface area contributed by atoms with E-state index in [0.29, 0.717) is 0 Å². The van der Waals surface area contributed by atoms with Crippen LogP contribution in [0.2, 0.25) is 0 Å². The first kappa shape index (κ1) is 11.6. The zero-order valence-electron chi connectivity index (χ0n) is 10.6. The van der Waals surface area contributed by atoms with Crippen molar-refractivity contribution in [2.45, 2.75) is 27.2 Å². The first-order valence-electron chi connectivity index (χ1n) is 5.93. The van der Waals surface area contributed by atoms with Crippen LogP contribution in [0, 0.1) is 13.8 Å². The van der Waals surface area contributed by atoms with E-state index in [0.717, 1.165) is 30.0 Å². The van der Waals surface area contributed by atoms with Crippen molar-refractivity contribution in [1.82, 2.24) is 14.9 Å². The SMILES string of the molecule is CCCN(c1ccncc1)n1nc(C)cc1C. The minimum atomic E-state index is 0.936. The highest BCUT2D eigenvalue weighted by Gasteiger charge is 2.11. The summed E-state index contributed by atoms with van der Waals surface area (Å²) >= 11 is 0. The highest BCUT2D eigenvalue weighted by molar-refractivity contribution is 5.44. The lowest BCUT2D eigenvalue weighted by molar-refractivity contribution is 0.588. The van der Waals surface area contributed by atoms with Crippen LogP contribution >= 0.6 is 0 Å². The number of hydrogen-bond donors (Lipinski definition) is 0. The van der Waals surface area contributed by atoms with Crippen molar-refractivity contribution in [3.05, 3.63) is 42.0 Å². The van der Waals surface area contributed by atoms with Gasteiger partial charge in [0.2, 0.25) is 0 Å². The van der Waals surface area contributed by atoms with E-state index < -0.39 is 0 Å². The molecule has 4 nitrogen and oxygen atoms in total. The van der Waals surface area contributed by atoms with Gasteiger partial charge in [0.1, 0.15) is 0 Å². The van der Waals surface area contributed by atoms with Crippen molar-refractivity contribution < 1.29 is 0 Å². The Morgan fingerprint density at radius 2 is 1.94 bits per heavy atom. The third kappa shape index (κ3) is 2.46. The molecular formula is C13H18N4. The number of anilines is 1. The molecule has 0 aliphatic rings. The van der Waals surface area contributed by atoms with Crippen molar-refractivity contribution in [2.24, 2.45) is 0 Å². The van der Waals surface area contributed by atoms with Gasteiger partial charge in [-0.15, -0.1) is 0 Å². The second-order valence-electron chi connectivity index (χ2n) is 4.15. The first-order valence-corrected chi connectivity index (χ1v) is 5.93. The molecule has 0 saturated heterocycles. The van der Waals surface area contributed by atoms with Crippen molar-refractivity contribution >= 4 is 5.69 Å². The van der Waals surface area contributed by atoms with Crippen LogP contribution in [-0.4, -0.2) is 21.4 Å². The molecule has 2 heterocycles. The zero-order chi connectivity index (χ0) is 12.3. The molecule has 0 fully saturated rings. The van der Waals surface area contributed by atoms with E-state index in [2.05, 4.69) is 35.0 Å². The molecule has 2 rings (SSSR count). The van der Waals surface area contributed by atoms with E-state index >= 15 is 0 Å². The number of aromatic nitrogens is 3. The monoisotopic (exact) mass is 230 g/mol. The lowest BCUT2D eigenvalue weighted by Crippen LogP contribution is -2.32. The molecule has 2 aromatic rings. The van der Waals surface area contributed by atoms with Gasteiger partial charge in [0.25, 0.3) is 0 Å². The van der Waals surface area contributed by atoms with Crippen LogP contribution in [-0.2, 0) is 0 Å². The van der Waals surface area contributed by atoms with Crippen LogP contribution in [0.3, 0.4) is 0 Å². The summed E-state index contributed by atoms with van der Waals surface area (Å²) in [7, 11) is 0. The van der Waals surface area contributed by atoms with E-state index in [1.165, 1.54) is 0 Å². The summed E-state index contributed by atoms with van der Waals surface area (Å²) < 4.78 is 0. The first-order chi connectivity index (χ1) is 8.22. The Balaban J connectivity index is 2.39. The van der Waals surface area contributed by atoms with Gasteiger partial charge in [-0.3, -0.25) is 9.99 Å². The van der Waals surface area contributed by atoms with Crippen LogP contribution in [0.4, 0.5) is 5.69 Å². The second kappa shape index (κ2) is 4.99. The third-order valence-electron chi connectivity index (χ3n) is 2.61. The summed E-state index contributed by atoms with van der Waals surface area (Å²) in [6.07, 6.45) is 4.69. The van der Waals surface area contributed by atoms with E-state index in [4.69, 9.17) is 0 Å². The number of nitrogens with zero attached hydrogens (tertiary/aromatic N) is 4. The summed E-state index contributed by atoms with van der Waals surface area (Å²) in [5.74, 6) is 0. The minimum Gasteiger partial charge on any atom is -0.265 e. The maximum Gasteiger partial charge on any atom is 0.0624 e. The number of hydrogen-bond acceptors (Lipinski definition) is 3. The highest BCUT2D eigenvalue weighted by atomic mass is 15.7. The number of pyridine rings is 1. The standard InChI is InChI=1S/C13H18N4/c1-4-9-16(13-5-7-14-8-6-13)17-12(3)10-11(2)15-17/h5-8,10H,4,9H2,1-3H3. The molecule has 2 aromatic heterocycles. The zero-order valence-corrected chi connectivity index (χ0v) is 10.6. The Morgan fingerprint density at radius 1 is 1.24 bits per heavy atom. The van der Waals surface area contributed by atoms with Crippen LogP contribution in [0.1, 0.15) is 24.7 Å². The molecule has 0 amide bonds. The summed E-state index contributed by atoms with van der Waals surface area (Å²) in [6.45, 7) is 7.19. The molecule has 0 aromatic carbocycles. The molecule has 0 aliphatic carbocycles. The fourth-order valence-corrected chi connectivity index (χ4v) is 1.92. The summed E-state index contributed by atoms with van der Waals surface area (Å²) in [5, 5.41) is 6.70. The molecule has 0 N–H and O–H groups in total. The Labute approximate surface area is 102 Å². The molecule has 0 unspecified atom stereocenters. The highest BCUT2D eigenvalue weighted by Crippen LogP contribution is 2.15. The number of rotatable bonds is 4. The Hall–Kier alpha value is -1.84. The van der Waals surface area contributed by atoms with E-state index in [9.17, 15) is 0 Å². The average Bonchev–Trinajstić information content (AvgIpc) is 2.66.